The molecule has 0 aromatic heterocycles. The third-order valence-electron chi connectivity index (χ3n) is 3.07. The summed E-state index contributed by atoms with van der Waals surface area (Å²) in [5.74, 6) is -2.30. The van der Waals surface area contributed by atoms with Gasteiger partial charge in [0.15, 0.2) is 0 Å². The molecule has 0 spiro atoms. The molecular formula is C11H20F2N2O. The maximum absolute atomic E-state index is 12.7. The monoisotopic (exact) mass is 234 g/mol. The van der Waals surface area contributed by atoms with E-state index in [4.69, 9.17) is 0 Å². The van der Waals surface area contributed by atoms with Gasteiger partial charge in [0.1, 0.15) is 0 Å². The van der Waals surface area contributed by atoms with E-state index in [9.17, 15) is 13.6 Å². The molecule has 1 atom stereocenters. The van der Waals surface area contributed by atoms with Crippen LogP contribution in [0.25, 0.3) is 0 Å². The van der Waals surface area contributed by atoms with Crippen LogP contribution in [0.1, 0.15) is 40.5 Å². The van der Waals surface area contributed by atoms with Gasteiger partial charge in [-0.2, -0.15) is 0 Å². The maximum atomic E-state index is 12.7. The molecule has 1 saturated carbocycles. The highest BCUT2D eigenvalue weighted by Crippen LogP contribution is 2.45. The normalized spacial score (nSPS) is 23.4. The first kappa shape index (κ1) is 13.2. The topological polar surface area (TPSA) is 41.1 Å². The highest BCUT2D eigenvalue weighted by Gasteiger charge is 2.54. The summed E-state index contributed by atoms with van der Waals surface area (Å²) in [7, 11) is 0. The molecule has 0 saturated heterocycles. The van der Waals surface area contributed by atoms with Crippen LogP contribution in [-0.4, -0.2) is 23.5 Å². The lowest BCUT2D eigenvalue weighted by Gasteiger charge is -2.45. The summed E-state index contributed by atoms with van der Waals surface area (Å²) < 4.78 is 25.4. The van der Waals surface area contributed by atoms with Crippen LogP contribution in [0.5, 0.6) is 0 Å². The first-order valence-corrected chi connectivity index (χ1v) is 5.60. The molecule has 94 valence electrons. The van der Waals surface area contributed by atoms with E-state index in [1.165, 1.54) is 0 Å². The molecule has 0 aliphatic heterocycles. The predicted molar refractivity (Wildman–Crippen MR) is 58.6 cm³/mol. The summed E-state index contributed by atoms with van der Waals surface area (Å²) in [5.41, 5.74) is -0.760. The maximum Gasteiger partial charge on any atom is 0.315 e. The second-order valence-electron chi connectivity index (χ2n) is 5.40. The number of alkyl halides is 2. The van der Waals surface area contributed by atoms with E-state index in [-0.39, 0.29) is 24.9 Å². The Bertz CT molecular complexity index is 271. The fourth-order valence-corrected chi connectivity index (χ4v) is 1.86. The first-order valence-electron chi connectivity index (χ1n) is 5.60. The van der Waals surface area contributed by atoms with Crippen LogP contribution in [-0.2, 0) is 0 Å². The summed E-state index contributed by atoms with van der Waals surface area (Å²) in [6.45, 7) is 7.51. The number of carbonyl (C=O) groups excluding carboxylic acids is 1. The van der Waals surface area contributed by atoms with E-state index in [0.717, 1.165) is 0 Å². The molecule has 0 bridgehead atoms. The van der Waals surface area contributed by atoms with Gasteiger partial charge < -0.3 is 10.6 Å². The number of amides is 2. The van der Waals surface area contributed by atoms with Crippen molar-refractivity contribution < 1.29 is 13.6 Å². The van der Waals surface area contributed by atoms with E-state index < -0.39 is 11.5 Å². The van der Waals surface area contributed by atoms with Gasteiger partial charge in [0.25, 0.3) is 5.92 Å². The molecule has 1 aliphatic carbocycles. The van der Waals surface area contributed by atoms with Crippen LogP contribution in [0.4, 0.5) is 13.6 Å². The van der Waals surface area contributed by atoms with Crippen LogP contribution in [0, 0.1) is 5.92 Å². The van der Waals surface area contributed by atoms with Gasteiger partial charge in [-0.3, -0.25) is 0 Å². The van der Waals surface area contributed by atoms with Gasteiger partial charge in [-0.05, 0) is 19.8 Å². The van der Waals surface area contributed by atoms with Crippen LogP contribution in [0.15, 0.2) is 0 Å². The van der Waals surface area contributed by atoms with Crippen LogP contribution >= 0.6 is 0 Å². The molecule has 2 amide bonds. The molecule has 2 N–H and O–H groups in total. The Kier molecular flexibility index (Phi) is 3.45. The van der Waals surface area contributed by atoms with Crippen molar-refractivity contribution in [2.24, 2.45) is 5.92 Å². The zero-order chi connectivity index (χ0) is 12.6. The van der Waals surface area contributed by atoms with E-state index >= 15 is 0 Å². The number of hydrogen-bond donors (Lipinski definition) is 2. The highest BCUT2D eigenvalue weighted by molar-refractivity contribution is 5.75. The van der Waals surface area contributed by atoms with Crippen molar-refractivity contribution in [3.05, 3.63) is 0 Å². The molecule has 0 aromatic rings. The number of rotatable bonds is 3. The van der Waals surface area contributed by atoms with Crippen molar-refractivity contribution in [3.63, 3.8) is 0 Å². The molecule has 1 aliphatic rings. The van der Waals surface area contributed by atoms with Crippen molar-refractivity contribution >= 4 is 6.03 Å². The molecular weight excluding hydrogens is 214 g/mol. The minimum atomic E-state index is -2.62. The van der Waals surface area contributed by atoms with E-state index in [1.807, 2.05) is 20.8 Å². The third-order valence-corrected chi connectivity index (χ3v) is 3.07. The van der Waals surface area contributed by atoms with E-state index in [0.29, 0.717) is 5.92 Å². The number of nitrogens with one attached hydrogen (secondary N) is 2. The SMILES string of the molecule is CC(C)[C@@H](C)NC(=O)NC1(C)CC(F)(F)C1. The van der Waals surface area contributed by atoms with Crippen molar-refractivity contribution in [3.8, 4) is 0 Å². The fourth-order valence-electron chi connectivity index (χ4n) is 1.86. The first-order chi connectivity index (χ1) is 7.14. The van der Waals surface area contributed by atoms with Crippen molar-refractivity contribution in [2.75, 3.05) is 0 Å². The zero-order valence-corrected chi connectivity index (χ0v) is 10.2. The van der Waals surface area contributed by atoms with Gasteiger partial charge in [0.2, 0.25) is 0 Å². The third kappa shape index (κ3) is 3.32. The van der Waals surface area contributed by atoms with Gasteiger partial charge in [0, 0.05) is 18.9 Å². The molecule has 0 heterocycles. The van der Waals surface area contributed by atoms with Crippen molar-refractivity contribution in [2.45, 2.75) is 58.0 Å². The fraction of sp³-hybridized carbons (Fsp3) is 0.909. The Balaban J connectivity index is 2.36. The Morgan fingerprint density at radius 2 is 1.75 bits per heavy atom. The van der Waals surface area contributed by atoms with E-state index in [1.54, 1.807) is 6.92 Å². The van der Waals surface area contributed by atoms with Gasteiger partial charge >= 0.3 is 6.03 Å². The van der Waals surface area contributed by atoms with Gasteiger partial charge in [0.05, 0.1) is 5.54 Å². The van der Waals surface area contributed by atoms with E-state index in [2.05, 4.69) is 10.6 Å². The zero-order valence-electron chi connectivity index (χ0n) is 10.2. The molecule has 0 radical (unpaired) electrons. The average Bonchev–Trinajstić information content (AvgIpc) is 1.97. The largest absolute Gasteiger partial charge is 0.335 e. The predicted octanol–water partition coefficient (Wildman–Crippen LogP) is 2.52. The molecule has 1 rings (SSSR count). The summed E-state index contributed by atoms with van der Waals surface area (Å²) in [4.78, 5) is 11.5. The Labute approximate surface area is 95.0 Å². The van der Waals surface area contributed by atoms with Crippen LogP contribution in [0.2, 0.25) is 0 Å². The van der Waals surface area contributed by atoms with Gasteiger partial charge in [-0.1, -0.05) is 13.8 Å². The molecule has 3 nitrogen and oxygen atoms in total. The Morgan fingerprint density at radius 1 is 1.25 bits per heavy atom. The summed E-state index contributed by atoms with van der Waals surface area (Å²) in [6.07, 6.45) is -0.549. The van der Waals surface area contributed by atoms with Gasteiger partial charge in [-0.25, -0.2) is 13.6 Å². The Morgan fingerprint density at radius 3 is 2.12 bits per heavy atom. The smallest absolute Gasteiger partial charge is 0.315 e. The number of urea groups is 1. The van der Waals surface area contributed by atoms with Crippen LogP contribution in [0.3, 0.4) is 0 Å². The quantitative estimate of drug-likeness (QED) is 0.774. The second kappa shape index (κ2) is 4.18. The van der Waals surface area contributed by atoms with Crippen molar-refractivity contribution in [1.82, 2.24) is 10.6 Å². The minimum absolute atomic E-state index is 0.0317. The van der Waals surface area contributed by atoms with Crippen molar-refractivity contribution in [1.29, 1.82) is 0 Å². The minimum Gasteiger partial charge on any atom is -0.335 e. The average molecular weight is 234 g/mol. The van der Waals surface area contributed by atoms with Crippen LogP contribution < -0.4 is 10.6 Å². The number of carbonyl (C=O) groups is 1. The lowest BCUT2D eigenvalue weighted by Crippen LogP contribution is -2.62. The number of halogens is 2. The summed E-state index contributed by atoms with van der Waals surface area (Å²) >= 11 is 0. The Hall–Kier alpha value is -0.870. The second-order valence-corrected chi connectivity index (χ2v) is 5.40. The number of hydrogen-bond acceptors (Lipinski definition) is 1. The molecule has 1 fully saturated rings. The summed E-state index contributed by atoms with van der Waals surface area (Å²) in [6, 6.07) is -0.330. The summed E-state index contributed by atoms with van der Waals surface area (Å²) in [5, 5.41) is 5.34. The lowest BCUT2D eigenvalue weighted by molar-refractivity contribution is -0.123. The molecule has 5 heteroatoms. The lowest BCUT2D eigenvalue weighted by atomic mass is 9.75. The van der Waals surface area contributed by atoms with Gasteiger partial charge in [-0.15, -0.1) is 0 Å². The molecule has 16 heavy (non-hydrogen) atoms. The molecule has 0 aromatic carbocycles. The molecule has 0 unspecified atom stereocenters. The standard InChI is InChI=1S/C11H20F2N2O/c1-7(2)8(3)14-9(16)15-10(4)5-11(12,13)6-10/h7-8H,5-6H2,1-4H3,(H2,14,15,16)/t8-/m1/s1. The highest BCUT2D eigenvalue weighted by atomic mass is 19.3.